The van der Waals surface area contributed by atoms with Crippen LogP contribution >= 0.6 is 0 Å². The lowest BCUT2D eigenvalue weighted by atomic mass is 10.1. The lowest BCUT2D eigenvalue weighted by Crippen LogP contribution is -2.44. The van der Waals surface area contributed by atoms with E-state index in [0.717, 1.165) is 26.2 Å². The molecule has 1 fully saturated rings. The number of hydrogen-bond acceptors (Lipinski definition) is 5. The van der Waals surface area contributed by atoms with E-state index in [4.69, 9.17) is 9.47 Å². The first kappa shape index (κ1) is 13.3. The van der Waals surface area contributed by atoms with Gasteiger partial charge in [-0.2, -0.15) is 0 Å². The fraction of sp³-hybridized carbons (Fsp3) is 0.909. The number of rotatable bonds is 4. The summed E-state index contributed by atoms with van der Waals surface area (Å²) in [6.45, 7) is 9.92. The lowest BCUT2D eigenvalue weighted by molar-refractivity contribution is -0.0160. The first-order valence-electron chi connectivity index (χ1n) is 5.86. The topological polar surface area (TPSA) is 50.8 Å². The predicted molar refractivity (Wildman–Crippen MR) is 61.2 cm³/mol. The van der Waals surface area contributed by atoms with Gasteiger partial charge in [-0.05, 0) is 12.8 Å². The Kier molecular flexibility index (Phi) is 5.55. The van der Waals surface area contributed by atoms with Crippen LogP contribution in [0.15, 0.2) is 0 Å². The Hall–Kier alpha value is -0.810. The van der Waals surface area contributed by atoms with Gasteiger partial charge in [0.05, 0.1) is 0 Å². The van der Waals surface area contributed by atoms with Gasteiger partial charge in [-0.3, -0.25) is 4.90 Å². The molecule has 5 heteroatoms. The summed E-state index contributed by atoms with van der Waals surface area (Å²) in [4.78, 5) is 13.4. The van der Waals surface area contributed by atoms with Gasteiger partial charge >= 0.3 is 6.16 Å². The van der Waals surface area contributed by atoms with E-state index < -0.39 is 6.16 Å². The van der Waals surface area contributed by atoms with Gasteiger partial charge in [0.15, 0.2) is 0 Å². The molecular formula is C11H22N2O3. The number of piperazine rings is 1. The van der Waals surface area contributed by atoms with E-state index in [1.165, 1.54) is 0 Å². The van der Waals surface area contributed by atoms with Crippen molar-refractivity contribution in [3.63, 3.8) is 0 Å². The Morgan fingerprint density at radius 3 is 2.50 bits per heavy atom. The summed E-state index contributed by atoms with van der Waals surface area (Å²) < 4.78 is 10.1. The third-order valence-electron chi connectivity index (χ3n) is 2.80. The van der Waals surface area contributed by atoms with Crippen LogP contribution in [0.2, 0.25) is 0 Å². The summed E-state index contributed by atoms with van der Waals surface area (Å²) >= 11 is 0. The molecule has 0 aromatic rings. The summed E-state index contributed by atoms with van der Waals surface area (Å²) in [5, 5.41) is 3.24. The minimum absolute atomic E-state index is 0.101. The van der Waals surface area contributed by atoms with Crippen LogP contribution in [-0.2, 0) is 9.47 Å². The van der Waals surface area contributed by atoms with Crippen molar-refractivity contribution >= 4 is 6.16 Å². The van der Waals surface area contributed by atoms with Crippen molar-refractivity contribution in [1.29, 1.82) is 0 Å². The summed E-state index contributed by atoms with van der Waals surface area (Å²) in [5.74, 6) is 0.312. The molecule has 1 N–H and O–H groups in total. The van der Waals surface area contributed by atoms with E-state index in [1.807, 2.05) is 20.8 Å². The average molecular weight is 230 g/mol. The van der Waals surface area contributed by atoms with E-state index in [9.17, 15) is 4.79 Å². The van der Waals surface area contributed by atoms with Crippen LogP contribution in [0.1, 0.15) is 20.8 Å². The zero-order valence-electron chi connectivity index (χ0n) is 10.4. The van der Waals surface area contributed by atoms with Gasteiger partial charge in [-0.1, -0.05) is 13.8 Å². The third-order valence-corrected chi connectivity index (χ3v) is 2.80. The molecule has 0 aromatic heterocycles. The Bertz CT molecular complexity index is 215. The van der Waals surface area contributed by atoms with Crippen LogP contribution in [0.3, 0.4) is 0 Å². The third kappa shape index (κ3) is 4.81. The standard InChI is InChI=1S/C11H22N2O3/c1-9(2)10(3)16-11(14)15-8-13-6-4-12-5-7-13/h9-10,12H,4-8H2,1-3H3. The molecule has 5 nitrogen and oxygen atoms in total. The van der Waals surface area contributed by atoms with Crippen molar-refractivity contribution in [1.82, 2.24) is 10.2 Å². The maximum absolute atomic E-state index is 11.3. The lowest BCUT2D eigenvalue weighted by Gasteiger charge is -2.26. The molecule has 94 valence electrons. The van der Waals surface area contributed by atoms with E-state index in [1.54, 1.807) is 0 Å². The maximum atomic E-state index is 11.3. The quantitative estimate of drug-likeness (QED) is 0.731. The van der Waals surface area contributed by atoms with Gasteiger partial charge in [-0.15, -0.1) is 0 Å². The summed E-state index contributed by atoms with van der Waals surface area (Å²) in [5.41, 5.74) is 0. The average Bonchev–Trinajstić information content (AvgIpc) is 2.27. The van der Waals surface area contributed by atoms with Gasteiger partial charge in [0, 0.05) is 26.2 Å². The first-order valence-corrected chi connectivity index (χ1v) is 5.86. The van der Waals surface area contributed by atoms with Crippen molar-refractivity contribution in [2.24, 2.45) is 5.92 Å². The second-order valence-corrected chi connectivity index (χ2v) is 4.46. The largest absolute Gasteiger partial charge is 0.509 e. The van der Waals surface area contributed by atoms with E-state index >= 15 is 0 Å². The van der Waals surface area contributed by atoms with Gasteiger partial charge in [0.25, 0.3) is 0 Å². The molecular weight excluding hydrogens is 208 g/mol. The highest BCUT2D eigenvalue weighted by Crippen LogP contribution is 2.06. The molecule has 0 spiro atoms. The molecule has 1 aliphatic rings. The fourth-order valence-electron chi connectivity index (χ4n) is 1.31. The number of carbonyl (C=O) groups is 1. The Labute approximate surface area is 97.1 Å². The van der Waals surface area contributed by atoms with Gasteiger partial charge in [0.2, 0.25) is 0 Å². The molecule has 16 heavy (non-hydrogen) atoms. The van der Waals surface area contributed by atoms with Gasteiger partial charge in [-0.25, -0.2) is 4.79 Å². The molecule has 0 saturated carbocycles. The molecule has 1 aliphatic heterocycles. The van der Waals surface area contributed by atoms with Crippen molar-refractivity contribution in [2.45, 2.75) is 26.9 Å². The first-order chi connectivity index (χ1) is 7.59. The molecule has 0 amide bonds. The van der Waals surface area contributed by atoms with Crippen molar-refractivity contribution < 1.29 is 14.3 Å². The highest BCUT2D eigenvalue weighted by atomic mass is 16.7. The van der Waals surface area contributed by atoms with E-state index in [2.05, 4.69) is 10.2 Å². The second kappa shape index (κ2) is 6.70. The number of ether oxygens (including phenoxy) is 2. The fourth-order valence-corrected chi connectivity index (χ4v) is 1.31. The smallest absolute Gasteiger partial charge is 0.431 e. The maximum Gasteiger partial charge on any atom is 0.509 e. The highest BCUT2D eigenvalue weighted by molar-refractivity contribution is 5.60. The van der Waals surface area contributed by atoms with Crippen molar-refractivity contribution in [3.8, 4) is 0 Å². The van der Waals surface area contributed by atoms with Crippen molar-refractivity contribution in [2.75, 3.05) is 32.9 Å². The van der Waals surface area contributed by atoms with Crippen LogP contribution < -0.4 is 5.32 Å². The zero-order valence-corrected chi connectivity index (χ0v) is 10.4. The molecule has 0 radical (unpaired) electrons. The number of nitrogens with one attached hydrogen (secondary N) is 1. The minimum Gasteiger partial charge on any atom is -0.431 e. The summed E-state index contributed by atoms with van der Waals surface area (Å²) in [6, 6.07) is 0. The van der Waals surface area contributed by atoms with Crippen LogP contribution in [0.25, 0.3) is 0 Å². The van der Waals surface area contributed by atoms with Crippen LogP contribution in [0.5, 0.6) is 0 Å². The van der Waals surface area contributed by atoms with Crippen LogP contribution in [0, 0.1) is 5.92 Å². The van der Waals surface area contributed by atoms with Gasteiger partial charge in [0.1, 0.15) is 12.8 Å². The molecule has 0 aliphatic carbocycles. The molecule has 1 saturated heterocycles. The van der Waals surface area contributed by atoms with Crippen LogP contribution in [-0.4, -0.2) is 50.1 Å². The number of nitrogens with zero attached hydrogens (tertiary/aromatic N) is 1. The molecule has 1 atom stereocenters. The molecule has 1 heterocycles. The molecule has 0 aromatic carbocycles. The minimum atomic E-state index is -0.570. The normalized spacial score (nSPS) is 19.5. The van der Waals surface area contributed by atoms with Gasteiger partial charge < -0.3 is 14.8 Å². The Morgan fingerprint density at radius 2 is 1.94 bits per heavy atom. The SMILES string of the molecule is CC(C)C(C)OC(=O)OCN1CCNCC1. The second-order valence-electron chi connectivity index (χ2n) is 4.46. The number of hydrogen-bond donors (Lipinski definition) is 1. The zero-order chi connectivity index (χ0) is 12.0. The highest BCUT2D eigenvalue weighted by Gasteiger charge is 2.16. The Morgan fingerprint density at radius 1 is 1.31 bits per heavy atom. The van der Waals surface area contributed by atoms with E-state index in [-0.39, 0.29) is 6.10 Å². The van der Waals surface area contributed by atoms with Crippen molar-refractivity contribution in [3.05, 3.63) is 0 Å². The molecule has 1 rings (SSSR count). The number of carbonyl (C=O) groups excluding carboxylic acids is 1. The van der Waals surface area contributed by atoms with Crippen LogP contribution in [0.4, 0.5) is 4.79 Å². The van der Waals surface area contributed by atoms with E-state index in [0.29, 0.717) is 12.6 Å². The molecule has 0 bridgehead atoms. The predicted octanol–water partition coefficient (Wildman–Crippen LogP) is 1.05. The summed E-state index contributed by atoms with van der Waals surface area (Å²) in [6.07, 6.45) is -0.671. The monoisotopic (exact) mass is 230 g/mol. The Balaban J connectivity index is 2.14. The summed E-state index contributed by atoms with van der Waals surface area (Å²) in [7, 11) is 0. The molecule has 1 unspecified atom stereocenters.